The van der Waals surface area contributed by atoms with Crippen molar-refractivity contribution in [2.75, 3.05) is 40.4 Å². The summed E-state index contributed by atoms with van der Waals surface area (Å²) in [4.78, 5) is 2.04. The normalized spacial score (nSPS) is 11.2. The predicted molar refractivity (Wildman–Crippen MR) is 67.4 cm³/mol. The van der Waals surface area contributed by atoms with E-state index < -0.39 is 11.6 Å². The number of hydrogen-bond acceptors (Lipinski definition) is 3. The second-order valence-electron chi connectivity index (χ2n) is 4.33. The number of ether oxygens (including phenoxy) is 1. The second kappa shape index (κ2) is 8.13. The number of hydrogen-bond donors (Lipinski definition) is 1. The van der Waals surface area contributed by atoms with E-state index in [1.165, 1.54) is 6.07 Å². The average Bonchev–Trinajstić information content (AvgIpc) is 2.32. The van der Waals surface area contributed by atoms with Crippen molar-refractivity contribution in [1.29, 1.82) is 0 Å². The average molecular weight is 258 g/mol. The number of halogens is 2. The Kier molecular flexibility index (Phi) is 6.78. The van der Waals surface area contributed by atoms with Crippen LogP contribution in [-0.2, 0) is 11.3 Å². The molecule has 0 fully saturated rings. The maximum Gasteiger partial charge on any atom is 0.127 e. The molecule has 1 N–H and O–H groups in total. The zero-order valence-electron chi connectivity index (χ0n) is 10.9. The highest BCUT2D eigenvalue weighted by Crippen LogP contribution is 2.08. The van der Waals surface area contributed by atoms with E-state index >= 15 is 0 Å². The molecule has 0 bridgehead atoms. The van der Waals surface area contributed by atoms with Gasteiger partial charge in [-0.25, -0.2) is 8.78 Å². The van der Waals surface area contributed by atoms with Crippen molar-refractivity contribution < 1.29 is 13.5 Å². The topological polar surface area (TPSA) is 24.5 Å². The molecule has 0 spiro atoms. The van der Waals surface area contributed by atoms with Crippen LogP contribution in [0.25, 0.3) is 0 Å². The first kappa shape index (κ1) is 15.0. The Balaban J connectivity index is 2.12. The highest BCUT2D eigenvalue weighted by atomic mass is 19.1. The molecule has 1 rings (SSSR count). The molecule has 0 unspecified atom stereocenters. The Morgan fingerprint density at radius 3 is 2.72 bits per heavy atom. The molecule has 0 aliphatic carbocycles. The lowest BCUT2D eigenvalue weighted by Crippen LogP contribution is -2.23. The van der Waals surface area contributed by atoms with Crippen LogP contribution in [0.15, 0.2) is 18.2 Å². The monoisotopic (exact) mass is 258 g/mol. The summed E-state index contributed by atoms with van der Waals surface area (Å²) in [6.45, 7) is 3.02. The molecule has 5 heteroatoms. The van der Waals surface area contributed by atoms with E-state index in [0.717, 1.165) is 18.7 Å². The summed E-state index contributed by atoms with van der Waals surface area (Å²) in [6.07, 6.45) is 0. The van der Waals surface area contributed by atoms with Gasteiger partial charge in [-0.15, -0.1) is 0 Å². The third-order valence-electron chi connectivity index (χ3n) is 2.43. The van der Waals surface area contributed by atoms with Gasteiger partial charge in [0.1, 0.15) is 11.6 Å². The van der Waals surface area contributed by atoms with Crippen molar-refractivity contribution in [3.63, 3.8) is 0 Å². The summed E-state index contributed by atoms with van der Waals surface area (Å²) in [5, 5.41) is 3.01. The first-order chi connectivity index (χ1) is 8.59. The molecule has 0 atom stereocenters. The van der Waals surface area contributed by atoms with Crippen molar-refractivity contribution in [1.82, 2.24) is 10.2 Å². The lowest BCUT2D eigenvalue weighted by molar-refractivity contribution is 0.119. The minimum absolute atomic E-state index is 0.306. The minimum atomic E-state index is -0.421. The van der Waals surface area contributed by atoms with Crippen LogP contribution in [0.5, 0.6) is 0 Å². The van der Waals surface area contributed by atoms with Crippen LogP contribution in [0.4, 0.5) is 8.78 Å². The van der Waals surface area contributed by atoms with Crippen LogP contribution in [0.3, 0.4) is 0 Å². The van der Waals surface area contributed by atoms with Crippen LogP contribution in [0, 0.1) is 11.6 Å². The van der Waals surface area contributed by atoms with Crippen molar-refractivity contribution in [2.24, 2.45) is 0 Å². The Bertz CT molecular complexity index is 359. The highest BCUT2D eigenvalue weighted by molar-refractivity contribution is 5.18. The smallest absolute Gasteiger partial charge is 0.127 e. The summed E-state index contributed by atoms with van der Waals surface area (Å²) in [6, 6.07) is 3.46. The van der Waals surface area contributed by atoms with Gasteiger partial charge in [0.25, 0.3) is 0 Å². The molecule has 0 aromatic heterocycles. The fourth-order valence-corrected chi connectivity index (χ4v) is 1.40. The first-order valence-corrected chi connectivity index (χ1v) is 5.96. The third-order valence-corrected chi connectivity index (χ3v) is 2.43. The largest absolute Gasteiger partial charge is 0.379 e. The molecule has 1 aromatic rings. The molecule has 0 radical (unpaired) electrons. The molecular formula is C13H20F2N2O. The van der Waals surface area contributed by atoms with Crippen molar-refractivity contribution in [3.05, 3.63) is 35.4 Å². The molecule has 0 saturated carbocycles. The van der Waals surface area contributed by atoms with Crippen LogP contribution in [0.1, 0.15) is 5.56 Å². The maximum absolute atomic E-state index is 13.2. The fraction of sp³-hybridized carbons (Fsp3) is 0.538. The molecule has 0 amide bonds. The van der Waals surface area contributed by atoms with Crippen LogP contribution in [0.2, 0.25) is 0 Å². The lowest BCUT2D eigenvalue weighted by Gasteiger charge is -2.10. The molecule has 18 heavy (non-hydrogen) atoms. The molecule has 0 heterocycles. The highest BCUT2D eigenvalue weighted by Gasteiger charge is 2.02. The Morgan fingerprint density at radius 2 is 2.00 bits per heavy atom. The van der Waals surface area contributed by atoms with Gasteiger partial charge >= 0.3 is 0 Å². The molecule has 102 valence electrons. The zero-order chi connectivity index (χ0) is 13.4. The van der Waals surface area contributed by atoms with Gasteiger partial charge in [-0.05, 0) is 32.3 Å². The van der Waals surface area contributed by atoms with Gasteiger partial charge in [-0.2, -0.15) is 0 Å². The molecule has 1 aromatic carbocycles. The molecular weight excluding hydrogens is 238 g/mol. The minimum Gasteiger partial charge on any atom is -0.379 e. The summed E-state index contributed by atoms with van der Waals surface area (Å²) >= 11 is 0. The number of benzene rings is 1. The Hall–Kier alpha value is -1.04. The van der Waals surface area contributed by atoms with E-state index in [9.17, 15) is 8.78 Å². The van der Waals surface area contributed by atoms with E-state index in [1.807, 2.05) is 19.0 Å². The number of rotatable bonds is 8. The Labute approximate surface area is 107 Å². The zero-order valence-corrected chi connectivity index (χ0v) is 10.9. The van der Waals surface area contributed by atoms with Crippen molar-refractivity contribution in [3.8, 4) is 0 Å². The van der Waals surface area contributed by atoms with E-state index in [2.05, 4.69) is 5.32 Å². The lowest BCUT2D eigenvalue weighted by atomic mass is 10.2. The molecule has 0 saturated heterocycles. The summed E-state index contributed by atoms with van der Waals surface area (Å²) in [5.41, 5.74) is 0.336. The quantitative estimate of drug-likeness (QED) is 0.717. The van der Waals surface area contributed by atoms with E-state index in [1.54, 1.807) is 0 Å². The molecule has 0 aliphatic heterocycles. The van der Waals surface area contributed by atoms with Gasteiger partial charge in [0.2, 0.25) is 0 Å². The first-order valence-electron chi connectivity index (χ1n) is 5.96. The van der Waals surface area contributed by atoms with E-state index in [0.29, 0.717) is 31.9 Å². The van der Waals surface area contributed by atoms with Gasteiger partial charge < -0.3 is 15.0 Å². The third kappa shape index (κ3) is 6.05. The van der Waals surface area contributed by atoms with Gasteiger partial charge in [0, 0.05) is 25.2 Å². The van der Waals surface area contributed by atoms with Gasteiger partial charge in [0.05, 0.1) is 13.2 Å². The van der Waals surface area contributed by atoms with Crippen molar-refractivity contribution >= 4 is 0 Å². The SMILES string of the molecule is CN(C)CCOCCNCc1cc(F)ccc1F. The van der Waals surface area contributed by atoms with Crippen LogP contribution in [-0.4, -0.2) is 45.3 Å². The summed E-state index contributed by atoms with van der Waals surface area (Å²) < 4.78 is 31.5. The maximum atomic E-state index is 13.2. The molecule has 3 nitrogen and oxygen atoms in total. The number of likely N-dealkylation sites (N-methyl/N-ethyl adjacent to an activating group) is 1. The summed E-state index contributed by atoms with van der Waals surface area (Å²) in [5.74, 6) is -0.812. The molecule has 0 aliphatic rings. The summed E-state index contributed by atoms with van der Waals surface area (Å²) in [7, 11) is 3.96. The second-order valence-corrected chi connectivity index (χ2v) is 4.33. The van der Waals surface area contributed by atoms with Crippen LogP contribution >= 0.6 is 0 Å². The predicted octanol–water partition coefficient (Wildman–Crippen LogP) is 1.63. The van der Waals surface area contributed by atoms with E-state index in [4.69, 9.17) is 4.74 Å². The van der Waals surface area contributed by atoms with Gasteiger partial charge in [-0.3, -0.25) is 0 Å². The van der Waals surface area contributed by atoms with Crippen LogP contribution < -0.4 is 5.32 Å². The standard InChI is InChI=1S/C13H20F2N2O/c1-17(2)6-8-18-7-5-16-10-11-9-12(14)3-4-13(11)15/h3-4,9,16H,5-8,10H2,1-2H3. The van der Waals surface area contributed by atoms with E-state index in [-0.39, 0.29) is 0 Å². The fourth-order valence-electron chi connectivity index (χ4n) is 1.40. The number of nitrogens with one attached hydrogen (secondary N) is 1. The van der Waals surface area contributed by atoms with Crippen molar-refractivity contribution in [2.45, 2.75) is 6.54 Å². The van der Waals surface area contributed by atoms with Gasteiger partial charge in [-0.1, -0.05) is 0 Å². The Morgan fingerprint density at radius 1 is 1.22 bits per heavy atom. The van der Waals surface area contributed by atoms with Gasteiger partial charge in [0.15, 0.2) is 0 Å². The number of nitrogens with zero attached hydrogens (tertiary/aromatic N) is 1.